The Morgan fingerprint density at radius 3 is 2.67 bits per heavy atom. The van der Waals surface area contributed by atoms with Crippen molar-refractivity contribution in [3.8, 4) is 32.4 Å². The van der Waals surface area contributed by atoms with Gasteiger partial charge in [0, 0.05) is 43.0 Å². The van der Waals surface area contributed by atoms with Crippen LogP contribution in [0.5, 0.6) is 0 Å². The lowest BCUT2D eigenvalue weighted by Crippen LogP contribution is -2.36. The second kappa shape index (κ2) is 12.3. The lowest BCUT2D eigenvalue weighted by molar-refractivity contribution is 0.191. The van der Waals surface area contributed by atoms with Crippen LogP contribution in [0.25, 0.3) is 32.4 Å². The number of carbonyl (C=O) groups is 1. The topological polar surface area (TPSA) is 149 Å². The summed E-state index contributed by atoms with van der Waals surface area (Å²) >= 11 is 1.28. The number of carboxylic acid groups (broad SMARTS) is 1. The van der Waals surface area contributed by atoms with Crippen LogP contribution in [-0.4, -0.2) is 70.7 Å². The van der Waals surface area contributed by atoms with E-state index < -0.39 is 34.3 Å². The predicted octanol–water partition coefficient (Wildman–Crippen LogP) is 4.84. The predicted molar refractivity (Wildman–Crippen MR) is 157 cm³/mol. The van der Waals surface area contributed by atoms with Gasteiger partial charge in [-0.3, -0.25) is 4.72 Å². The summed E-state index contributed by atoms with van der Waals surface area (Å²) in [4.78, 5) is 24.9. The van der Waals surface area contributed by atoms with E-state index in [1.807, 2.05) is 30.3 Å². The number of anilines is 2. The third-order valence-electron chi connectivity index (χ3n) is 6.40. The second-order valence-electron chi connectivity index (χ2n) is 9.58. The highest BCUT2D eigenvalue weighted by molar-refractivity contribution is 7.90. The zero-order chi connectivity index (χ0) is 29.9. The molecule has 5 rings (SSSR count). The van der Waals surface area contributed by atoms with E-state index in [2.05, 4.69) is 25.3 Å². The van der Waals surface area contributed by atoms with Crippen LogP contribution in [0.1, 0.15) is 13.3 Å². The lowest BCUT2D eigenvalue weighted by atomic mass is 10.1. The van der Waals surface area contributed by atoms with Gasteiger partial charge in [0.25, 0.3) is 0 Å². The van der Waals surface area contributed by atoms with E-state index in [1.54, 1.807) is 13.0 Å². The average molecular weight is 616 g/mol. The van der Waals surface area contributed by atoms with Crippen molar-refractivity contribution in [2.75, 3.05) is 29.7 Å². The van der Waals surface area contributed by atoms with E-state index in [4.69, 9.17) is 10.1 Å². The number of hydrogen-bond acceptors (Lipinski definition) is 8. The molecule has 15 heteroatoms. The van der Waals surface area contributed by atoms with Gasteiger partial charge in [0.05, 0.1) is 22.0 Å². The maximum Gasteiger partial charge on any atom is 0.404 e. The molecule has 220 valence electrons. The Morgan fingerprint density at radius 1 is 1.17 bits per heavy atom. The fourth-order valence-corrected chi connectivity index (χ4v) is 6.68. The molecule has 0 aliphatic carbocycles. The monoisotopic (exact) mass is 615 g/mol. The summed E-state index contributed by atoms with van der Waals surface area (Å²) in [6, 6.07) is 14.8. The van der Waals surface area contributed by atoms with Gasteiger partial charge >= 0.3 is 16.3 Å². The van der Waals surface area contributed by atoms with E-state index in [1.165, 1.54) is 35.7 Å². The van der Waals surface area contributed by atoms with Crippen molar-refractivity contribution < 1.29 is 27.1 Å². The second-order valence-corrected chi connectivity index (χ2v) is 12.2. The molecule has 0 unspecified atom stereocenters. The van der Waals surface area contributed by atoms with Gasteiger partial charge in [-0.25, -0.2) is 28.5 Å². The number of aromatic nitrogens is 3. The number of halogens is 2. The molecule has 3 heterocycles. The molecule has 2 aromatic heterocycles. The number of thiazole rings is 1. The Balaban J connectivity index is 1.52. The molecule has 42 heavy (non-hydrogen) atoms. The van der Waals surface area contributed by atoms with Gasteiger partial charge in [0.15, 0.2) is 5.82 Å². The van der Waals surface area contributed by atoms with Crippen molar-refractivity contribution in [1.82, 2.24) is 24.6 Å². The van der Waals surface area contributed by atoms with Crippen LogP contribution in [0.4, 0.5) is 25.2 Å². The van der Waals surface area contributed by atoms with Crippen LogP contribution in [-0.2, 0) is 10.2 Å². The number of nitrogens with zero attached hydrogens (tertiary/aromatic N) is 4. The molecule has 1 amide bonds. The number of hydrogen-bond donors (Lipinski definition) is 4. The molecule has 11 nitrogen and oxygen atoms in total. The number of rotatable bonds is 10. The number of benzene rings is 2. The highest BCUT2D eigenvalue weighted by Gasteiger charge is 2.32. The minimum atomic E-state index is -4.18. The number of nitrogens with one attached hydrogen (secondary N) is 3. The van der Waals surface area contributed by atoms with Crippen LogP contribution in [0.3, 0.4) is 0 Å². The third-order valence-corrected chi connectivity index (χ3v) is 9.01. The summed E-state index contributed by atoms with van der Waals surface area (Å²) in [5.41, 5.74) is 1.22. The molecule has 0 saturated carbocycles. The van der Waals surface area contributed by atoms with Crippen molar-refractivity contribution in [2.24, 2.45) is 0 Å². The van der Waals surface area contributed by atoms with Crippen LogP contribution < -0.4 is 15.4 Å². The molecule has 0 radical (unpaired) electrons. The fourth-order valence-electron chi connectivity index (χ4n) is 4.36. The van der Waals surface area contributed by atoms with Crippen LogP contribution in [0, 0.1) is 5.82 Å². The fraction of sp³-hybridized carbons (Fsp3) is 0.259. The van der Waals surface area contributed by atoms with Crippen molar-refractivity contribution in [3.05, 3.63) is 66.6 Å². The van der Waals surface area contributed by atoms with Crippen molar-refractivity contribution in [2.45, 2.75) is 25.6 Å². The molecule has 0 bridgehead atoms. The maximum atomic E-state index is 16.0. The van der Waals surface area contributed by atoms with E-state index >= 15 is 4.39 Å². The largest absolute Gasteiger partial charge is 0.465 e. The molecular weight excluding hydrogens is 588 g/mol. The van der Waals surface area contributed by atoms with Gasteiger partial charge in [0.1, 0.15) is 11.2 Å². The first-order chi connectivity index (χ1) is 20.1. The van der Waals surface area contributed by atoms with Crippen molar-refractivity contribution >= 4 is 39.3 Å². The standard InChI is InChI=1S/C27H27F2N7O4S2/c1-16(32-27(37)38)14-31-26-30-12-10-21(33-26)24-23(34-25(41-24)17-6-3-2-4-7-17)19-8-5-9-20(22(19)29)35-42(39,40)36-13-11-18(28)15-36/h2-10,12,16,18,32,35H,11,13-15H2,1H3,(H,37,38)(H,30,31,33)/t16-,18-/m0/s1. The van der Waals surface area contributed by atoms with Crippen molar-refractivity contribution in [1.29, 1.82) is 0 Å². The Labute approximate surface area is 244 Å². The molecular formula is C27H27F2N7O4S2. The summed E-state index contributed by atoms with van der Waals surface area (Å²) in [6.07, 6.45) is -0.824. The molecule has 1 fully saturated rings. The van der Waals surface area contributed by atoms with Gasteiger partial charge < -0.3 is 15.7 Å². The Hall–Kier alpha value is -4.21. The summed E-state index contributed by atoms with van der Waals surface area (Å²) in [6.45, 7) is 1.62. The summed E-state index contributed by atoms with van der Waals surface area (Å²) in [5.74, 6) is -0.616. The molecule has 4 aromatic rings. The Bertz CT molecular complexity index is 1690. The normalized spacial score (nSPS) is 16.2. The van der Waals surface area contributed by atoms with Crippen LogP contribution in [0.2, 0.25) is 0 Å². The van der Waals surface area contributed by atoms with Gasteiger partial charge in [0.2, 0.25) is 5.95 Å². The van der Waals surface area contributed by atoms with Crippen LogP contribution >= 0.6 is 11.3 Å². The summed E-state index contributed by atoms with van der Waals surface area (Å²) in [7, 11) is -4.18. The van der Waals surface area contributed by atoms with Gasteiger partial charge in [-0.05, 0) is 31.5 Å². The molecule has 2 aromatic carbocycles. The number of amides is 1. The smallest absolute Gasteiger partial charge is 0.404 e. The zero-order valence-electron chi connectivity index (χ0n) is 22.3. The third kappa shape index (κ3) is 6.64. The van der Waals surface area contributed by atoms with E-state index in [0.717, 1.165) is 9.87 Å². The minimum Gasteiger partial charge on any atom is -0.465 e. The SMILES string of the molecule is C[C@@H](CNc1nccc(-c2sc(-c3ccccc3)nc2-c2cccc(NS(=O)(=O)N3CC[C@H](F)C3)c2F)n1)NC(=O)O. The number of alkyl halides is 1. The Morgan fingerprint density at radius 2 is 1.95 bits per heavy atom. The van der Waals surface area contributed by atoms with E-state index in [-0.39, 0.29) is 48.9 Å². The van der Waals surface area contributed by atoms with Gasteiger partial charge in [-0.2, -0.15) is 12.7 Å². The molecule has 1 aliphatic rings. The first kappa shape index (κ1) is 29.3. The highest BCUT2D eigenvalue weighted by atomic mass is 32.2. The first-order valence-corrected chi connectivity index (χ1v) is 15.2. The Kier molecular flexibility index (Phi) is 8.61. The quantitative estimate of drug-likeness (QED) is 0.198. The molecule has 0 spiro atoms. The summed E-state index contributed by atoms with van der Waals surface area (Å²) in [5, 5.41) is 14.8. The first-order valence-electron chi connectivity index (χ1n) is 12.9. The average Bonchev–Trinajstić information content (AvgIpc) is 3.61. The van der Waals surface area contributed by atoms with E-state index in [9.17, 15) is 17.6 Å². The molecule has 1 saturated heterocycles. The lowest BCUT2D eigenvalue weighted by Gasteiger charge is -2.18. The summed E-state index contributed by atoms with van der Waals surface area (Å²) < 4.78 is 58.5. The highest BCUT2D eigenvalue weighted by Crippen LogP contribution is 2.42. The van der Waals surface area contributed by atoms with Crippen LogP contribution in [0.15, 0.2) is 60.8 Å². The van der Waals surface area contributed by atoms with E-state index in [0.29, 0.717) is 15.6 Å². The minimum absolute atomic E-state index is 0.00368. The maximum absolute atomic E-state index is 16.0. The molecule has 4 N–H and O–H groups in total. The van der Waals surface area contributed by atoms with Gasteiger partial charge in [-0.1, -0.05) is 36.4 Å². The van der Waals surface area contributed by atoms with Gasteiger partial charge in [-0.15, -0.1) is 11.3 Å². The zero-order valence-corrected chi connectivity index (χ0v) is 23.9. The molecule has 1 aliphatic heterocycles. The molecule has 2 atom stereocenters. The van der Waals surface area contributed by atoms with Crippen molar-refractivity contribution in [3.63, 3.8) is 0 Å².